The number of rotatable bonds is 3. The molecule has 0 spiro atoms. The molecule has 4 aromatic rings. The summed E-state index contributed by atoms with van der Waals surface area (Å²) in [6.07, 6.45) is 3.28. The first-order valence-electron chi connectivity index (χ1n) is 7.18. The highest BCUT2D eigenvalue weighted by Gasteiger charge is 2.11. The average molecular weight is 401 g/mol. The van der Waals surface area contributed by atoms with Gasteiger partial charge in [-0.05, 0) is 48.5 Å². The van der Waals surface area contributed by atoms with Crippen molar-refractivity contribution in [2.75, 3.05) is 5.32 Å². The van der Waals surface area contributed by atoms with Gasteiger partial charge in [0, 0.05) is 15.2 Å². The molecule has 0 saturated carbocycles. The first kappa shape index (κ1) is 15.1. The maximum atomic E-state index is 5.95. The molecule has 2 aromatic heterocycles. The smallest absolute Gasteiger partial charge is 0.168 e. The number of fused-ring (bicyclic) bond motifs is 1. The van der Waals surface area contributed by atoms with Crippen LogP contribution in [0, 0.1) is 0 Å². The molecule has 0 radical (unpaired) electrons. The predicted octanol–water partition coefficient (Wildman–Crippen LogP) is 4.98. The highest BCUT2D eigenvalue weighted by atomic mass is 79.9. The van der Waals surface area contributed by atoms with Crippen LogP contribution in [0.25, 0.3) is 16.7 Å². The Morgan fingerprint density at radius 1 is 0.958 bits per heavy atom. The van der Waals surface area contributed by atoms with Gasteiger partial charge in [-0.25, -0.2) is 14.6 Å². The summed E-state index contributed by atoms with van der Waals surface area (Å²) >= 11 is 9.38. The van der Waals surface area contributed by atoms with Crippen molar-refractivity contribution < 1.29 is 0 Å². The Kier molecular flexibility index (Phi) is 3.92. The number of nitrogens with one attached hydrogen (secondary N) is 1. The first-order chi connectivity index (χ1) is 11.7. The number of nitrogens with zero attached hydrogens (tertiary/aromatic N) is 4. The number of anilines is 2. The maximum Gasteiger partial charge on any atom is 0.168 e. The van der Waals surface area contributed by atoms with E-state index in [1.165, 1.54) is 6.33 Å². The van der Waals surface area contributed by atoms with Crippen LogP contribution in [0.3, 0.4) is 0 Å². The third-order valence-corrected chi connectivity index (χ3v) is 4.32. The van der Waals surface area contributed by atoms with Crippen LogP contribution in [-0.2, 0) is 0 Å². The average Bonchev–Trinajstić information content (AvgIpc) is 3.03. The monoisotopic (exact) mass is 399 g/mol. The highest BCUT2D eigenvalue weighted by Crippen LogP contribution is 2.25. The predicted molar refractivity (Wildman–Crippen MR) is 99.1 cm³/mol. The van der Waals surface area contributed by atoms with Crippen molar-refractivity contribution in [3.8, 4) is 5.69 Å². The minimum Gasteiger partial charge on any atom is -0.340 e. The van der Waals surface area contributed by atoms with Crippen molar-refractivity contribution in [2.45, 2.75) is 0 Å². The van der Waals surface area contributed by atoms with E-state index in [0.717, 1.165) is 26.9 Å². The minimum atomic E-state index is 0.683. The Bertz CT molecular complexity index is 996. The van der Waals surface area contributed by atoms with Gasteiger partial charge in [-0.2, -0.15) is 5.10 Å². The lowest BCUT2D eigenvalue weighted by Gasteiger charge is -2.07. The zero-order valence-corrected chi connectivity index (χ0v) is 14.7. The number of aromatic nitrogens is 4. The normalized spacial score (nSPS) is 10.9. The summed E-state index contributed by atoms with van der Waals surface area (Å²) in [6.45, 7) is 0. The van der Waals surface area contributed by atoms with Gasteiger partial charge in [-0.1, -0.05) is 27.5 Å². The largest absolute Gasteiger partial charge is 0.340 e. The zero-order chi connectivity index (χ0) is 16.5. The SMILES string of the molecule is Clc1ccc(-n2ncc3c(Nc4ccc(Br)cc4)ncnc32)cc1. The van der Waals surface area contributed by atoms with Crippen molar-refractivity contribution in [3.63, 3.8) is 0 Å². The number of benzene rings is 2. The third kappa shape index (κ3) is 2.86. The molecule has 1 N–H and O–H groups in total. The van der Waals surface area contributed by atoms with Crippen LogP contribution in [0.5, 0.6) is 0 Å². The topological polar surface area (TPSA) is 55.6 Å². The van der Waals surface area contributed by atoms with E-state index in [1.807, 2.05) is 48.5 Å². The van der Waals surface area contributed by atoms with Crippen LogP contribution in [0.2, 0.25) is 5.02 Å². The van der Waals surface area contributed by atoms with Crippen molar-refractivity contribution in [2.24, 2.45) is 0 Å². The van der Waals surface area contributed by atoms with E-state index >= 15 is 0 Å². The Balaban J connectivity index is 1.76. The van der Waals surface area contributed by atoms with Crippen LogP contribution >= 0.6 is 27.5 Å². The van der Waals surface area contributed by atoms with Crippen molar-refractivity contribution in [1.82, 2.24) is 19.7 Å². The summed E-state index contributed by atoms with van der Waals surface area (Å²) in [5.41, 5.74) is 2.56. The summed E-state index contributed by atoms with van der Waals surface area (Å²) in [5.74, 6) is 0.711. The Hall–Kier alpha value is -2.44. The fourth-order valence-electron chi connectivity index (χ4n) is 2.38. The molecule has 0 fully saturated rings. The summed E-state index contributed by atoms with van der Waals surface area (Å²) in [4.78, 5) is 8.70. The van der Waals surface area contributed by atoms with E-state index in [-0.39, 0.29) is 0 Å². The second kappa shape index (κ2) is 6.22. The molecular weight excluding hydrogens is 390 g/mol. The van der Waals surface area contributed by atoms with Gasteiger partial charge in [0.15, 0.2) is 5.65 Å². The fourth-order valence-corrected chi connectivity index (χ4v) is 2.78. The minimum absolute atomic E-state index is 0.683. The van der Waals surface area contributed by atoms with Gasteiger partial charge >= 0.3 is 0 Å². The summed E-state index contributed by atoms with van der Waals surface area (Å²) in [7, 11) is 0. The van der Waals surface area contributed by atoms with Gasteiger partial charge in [0.2, 0.25) is 0 Å². The summed E-state index contributed by atoms with van der Waals surface area (Å²) in [6, 6.07) is 15.3. The molecule has 2 heterocycles. The molecule has 5 nitrogen and oxygen atoms in total. The first-order valence-corrected chi connectivity index (χ1v) is 8.35. The van der Waals surface area contributed by atoms with Crippen molar-refractivity contribution in [1.29, 1.82) is 0 Å². The van der Waals surface area contributed by atoms with E-state index in [0.29, 0.717) is 10.8 Å². The molecule has 0 bridgehead atoms. The van der Waals surface area contributed by atoms with Gasteiger partial charge in [-0.3, -0.25) is 0 Å². The standard InChI is InChI=1S/C17H11BrClN5/c18-11-1-5-13(6-2-11)23-16-15-9-22-24(17(15)21-10-20-16)14-7-3-12(19)4-8-14/h1-10H,(H,20,21,23). The lowest BCUT2D eigenvalue weighted by molar-refractivity contribution is 0.895. The van der Waals surface area contributed by atoms with E-state index in [4.69, 9.17) is 11.6 Å². The van der Waals surface area contributed by atoms with Gasteiger partial charge in [-0.15, -0.1) is 0 Å². The summed E-state index contributed by atoms with van der Waals surface area (Å²) < 4.78 is 2.79. The molecule has 7 heteroatoms. The lowest BCUT2D eigenvalue weighted by atomic mass is 10.3. The second-order valence-electron chi connectivity index (χ2n) is 5.12. The van der Waals surface area contributed by atoms with Gasteiger partial charge < -0.3 is 5.32 Å². The van der Waals surface area contributed by atoms with Gasteiger partial charge in [0.1, 0.15) is 12.1 Å². The fraction of sp³-hybridized carbons (Fsp3) is 0. The molecule has 0 aliphatic carbocycles. The molecule has 0 atom stereocenters. The van der Waals surface area contributed by atoms with Crippen LogP contribution < -0.4 is 5.32 Å². The van der Waals surface area contributed by atoms with Gasteiger partial charge in [0.25, 0.3) is 0 Å². The van der Waals surface area contributed by atoms with Gasteiger partial charge in [0.05, 0.1) is 17.3 Å². The molecule has 0 saturated heterocycles. The molecular formula is C17H11BrClN5. The molecule has 0 aliphatic rings. The van der Waals surface area contributed by atoms with Crippen molar-refractivity contribution >= 4 is 50.1 Å². The molecule has 0 aliphatic heterocycles. The molecule has 118 valence electrons. The molecule has 0 amide bonds. The number of hydrogen-bond donors (Lipinski definition) is 1. The van der Waals surface area contributed by atoms with Crippen LogP contribution in [0.4, 0.5) is 11.5 Å². The van der Waals surface area contributed by atoms with Crippen molar-refractivity contribution in [3.05, 3.63) is 70.6 Å². The molecule has 4 rings (SSSR count). The van der Waals surface area contributed by atoms with Crippen LogP contribution in [-0.4, -0.2) is 19.7 Å². The number of halogens is 2. The molecule has 0 unspecified atom stereocenters. The highest BCUT2D eigenvalue weighted by molar-refractivity contribution is 9.10. The Morgan fingerprint density at radius 2 is 1.71 bits per heavy atom. The van der Waals surface area contributed by atoms with Crippen LogP contribution in [0.1, 0.15) is 0 Å². The van der Waals surface area contributed by atoms with E-state index in [1.54, 1.807) is 10.9 Å². The quantitative estimate of drug-likeness (QED) is 0.527. The summed E-state index contributed by atoms with van der Waals surface area (Å²) in [5, 5.41) is 9.26. The van der Waals surface area contributed by atoms with E-state index in [2.05, 4.69) is 36.3 Å². The lowest BCUT2D eigenvalue weighted by Crippen LogP contribution is -1.99. The zero-order valence-electron chi connectivity index (χ0n) is 12.3. The van der Waals surface area contributed by atoms with Crippen LogP contribution in [0.15, 0.2) is 65.5 Å². The molecule has 24 heavy (non-hydrogen) atoms. The second-order valence-corrected chi connectivity index (χ2v) is 6.48. The number of hydrogen-bond acceptors (Lipinski definition) is 4. The Labute approximate surface area is 151 Å². The van der Waals surface area contributed by atoms with E-state index in [9.17, 15) is 0 Å². The maximum absolute atomic E-state index is 5.95. The van der Waals surface area contributed by atoms with E-state index < -0.39 is 0 Å². The Morgan fingerprint density at radius 3 is 2.46 bits per heavy atom. The third-order valence-electron chi connectivity index (χ3n) is 3.54. The molecule has 2 aromatic carbocycles.